The van der Waals surface area contributed by atoms with Crippen LogP contribution in [0, 0.1) is 5.92 Å². The number of hydrogen-bond acceptors (Lipinski definition) is 3. The van der Waals surface area contributed by atoms with Crippen LogP contribution in [-0.2, 0) is 11.3 Å². The van der Waals surface area contributed by atoms with Crippen molar-refractivity contribution in [3.63, 3.8) is 0 Å². The lowest BCUT2D eigenvalue weighted by Gasteiger charge is -2.37. The standard InChI is InChI=1S/C20H23NO3/c1-15-19(20(22)23)11-6-12-21(15)14-16-7-5-10-18(13-16)24-17-8-3-2-4-9-17/h2-5,7-10,13,15,19H,6,11-12,14H2,1H3,(H,22,23)/t15-,19-/m1/s1. The molecule has 0 aliphatic carbocycles. The van der Waals surface area contributed by atoms with Crippen molar-refractivity contribution in [2.75, 3.05) is 6.54 Å². The Hall–Kier alpha value is -2.33. The Balaban J connectivity index is 1.69. The van der Waals surface area contributed by atoms with Crippen LogP contribution < -0.4 is 4.74 Å². The maximum Gasteiger partial charge on any atom is 0.308 e. The molecule has 0 aromatic heterocycles. The predicted octanol–water partition coefficient (Wildman–Crippen LogP) is 4.16. The topological polar surface area (TPSA) is 49.8 Å². The highest BCUT2D eigenvalue weighted by Gasteiger charge is 2.32. The van der Waals surface area contributed by atoms with Gasteiger partial charge in [-0.05, 0) is 56.1 Å². The van der Waals surface area contributed by atoms with Crippen LogP contribution in [0.2, 0.25) is 0 Å². The molecule has 2 aromatic rings. The molecule has 1 aliphatic heterocycles. The second-order valence-electron chi connectivity index (χ2n) is 6.36. The Morgan fingerprint density at radius 1 is 1.17 bits per heavy atom. The maximum absolute atomic E-state index is 11.4. The minimum atomic E-state index is -0.687. The molecule has 1 aliphatic rings. The summed E-state index contributed by atoms with van der Waals surface area (Å²) < 4.78 is 5.88. The molecular weight excluding hydrogens is 302 g/mol. The molecule has 1 fully saturated rings. The zero-order valence-electron chi connectivity index (χ0n) is 13.9. The second-order valence-corrected chi connectivity index (χ2v) is 6.36. The molecular formula is C20H23NO3. The van der Waals surface area contributed by atoms with Crippen molar-refractivity contribution in [3.05, 3.63) is 60.2 Å². The average Bonchev–Trinajstić information content (AvgIpc) is 2.58. The predicted molar refractivity (Wildman–Crippen MR) is 93.2 cm³/mol. The van der Waals surface area contributed by atoms with Crippen LogP contribution in [0.4, 0.5) is 0 Å². The highest BCUT2D eigenvalue weighted by molar-refractivity contribution is 5.71. The van der Waals surface area contributed by atoms with E-state index >= 15 is 0 Å². The fraction of sp³-hybridized carbons (Fsp3) is 0.350. The number of ether oxygens (including phenoxy) is 1. The van der Waals surface area contributed by atoms with Gasteiger partial charge >= 0.3 is 5.97 Å². The van der Waals surface area contributed by atoms with Crippen LogP contribution >= 0.6 is 0 Å². The van der Waals surface area contributed by atoms with Crippen molar-refractivity contribution in [2.24, 2.45) is 5.92 Å². The lowest BCUT2D eigenvalue weighted by molar-refractivity contribution is -0.145. The summed E-state index contributed by atoms with van der Waals surface area (Å²) in [4.78, 5) is 13.6. The molecule has 2 aromatic carbocycles. The number of nitrogens with zero attached hydrogens (tertiary/aromatic N) is 1. The Morgan fingerprint density at radius 3 is 2.67 bits per heavy atom. The number of benzene rings is 2. The zero-order valence-corrected chi connectivity index (χ0v) is 13.9. The van der Waals surface area contributed by atoms with E-state index in [1.165, 1.54) is 0 Å². The number of carboxylic acid groups (broad SMARTS) is 1. The molecule has 2 atom stereocenters. The van der Waals surface area contributed by atoms with Gasteiger partial charge in [-0.15, -0.1) is 0 Å². The lowest BCUT2D eigenvalue weighted by atomic mass is 9.90. The monoisotopic (exact) mass is 325 g/mol. The van der Waals surface area contributed by atoms with E-state index in [1.807, 2.05) is 55.5 Å². The van der Waals surface area contributed by atoms with E-state index < -0.39 is 5.97 Å². The minimum absolute atomic E-state index is 0.0509. The number of hydrogen-bond donors (Lipinski definition) is 1. The number of likely N-dealkylation sites (tertiary alicyclic amines) is 1. The average molecular weight is 325 g/mol. The fourth-order valence-corrected chi connectivity index (χ4v) is 3.33. The quantitative estimate of drug-likeness (QED) is 0.896. The molecule has 0 spiro atoms. The Labute approximate surface area is 142 Å². The number of para-hydroxylation sites is 1. The van der Waals surface area contributed by atoms with Crippen LogP contribution in [0.1, 0.15) is 25.3 Å². The van der Waals surface area contributed by atoms with Gasteiger partial charge in [-0.1, -0.05) is 30.3 Å². The summed E-state index contributed by atoms with van der Waals surface area (Å²) in [6, 6.07) is 17.8. The Kier molecular flexibility index (Phi) is 5.16. The first kappa shape index (κ1) is 16.5. The molecule has 0 bridgehead atoms. The van der Waals surface area contributed by atoms with Gasteiger partial charge in [-0.2, -0.15) is 0 Å². The molecule has 4 heteroatoms. The van der Waals surface area contributed by atoms with Gasteiger partial charge in [-0.25, -0.2) is 0 Å². The number of rotatable bonds is 5. The molecule has 1 N–H and O–H groups in total. The van der Waals surface area contributed by atoms with Crippen molar-refractivity contribution >= 4 is 5.97 Å². The summed E-state index contributed by atoms with van der Waals surface area (Å²) in [5, 5.41) is 9.35. The molecule has 1 heterocycles. The molecule has 0 radical (unpaired) electrons. The molecule has 0 unspecified atom stereocenters. The third kappa shape index (κ3) is 3.95. The van der Waals surface area contributed by atoms with Gasteiger partial charge < -0.3 is 9.84 Å². The first-order chi connectivity index (χ1) is 11.6. The van der Waals surface area contributed by atoms with Crippen LogP contribution in [0.3, 0.4) is 0 Å². The highest BCUT2D eigenvalue weighted by Crippen LogP contribution is 2.27. The molecule has 24 heavy (non-hydrogen) atoms. The van der Waals surface area contributed by atoms with Gasteiger partial charge in [0.25, 0.3) is 0 Å². The smallest absolute Gasteiger partial charge is 0.308 e. The van der Waals surface area contributed by atoms with Gasteiger partial charge in [0, 0.05) is 12.6 Å². The number of aliphatic carboxylic acids is 1. The Bertz CT molecular complexity index is 686. The van der Waals surface area contributed by atoms with Crippen molar-refractivity contribution in [1.82, 2.24) is 4.90 Å². The number of piperidine rings is 1. The van der Waals surface area contributed by atoms with Gasteiger partial charge in [0.2, 0.25) is 0 Å². The van der Waals surface area contributed by atoms with E-state index in [0.29, 0.717) is 0 Å². The number of carboxylic acids is 1. The van der Waals surface area contributed by atoms with Gasteiger partial charge in [0.1, 0.15) is 11.5 Å². The molecule has 1 saturated heterocycles. The van der Waals surface area contributed by atoms with Gasteiger partial charge in [0.05, 0.1) is 5.92 Å². The van der Waals surface area contributed by atoms with Crippen LogP contribution in [0.15, 0.2) is 54.6 Å². The van der Waals surface area contributed by atoms with Crippen LogP contribution in [0.5, 0.6) is 11.5 Å². The van der Waals surface area contributed by atoms with Gasteiger partial charge in [0.15, 0.2) is 0 Å². The van der Waals surface area contributed by atoms with Crippen LogP contribution in [-0.4, -0.2) is 28.6 Å². The highest BCUT2D eigenvalue weighted by atomic mass is 16.5. The molecule has 0 amide bonds. The first-order valence-electron chi connectivity index (χ1n) is 8.42. The van der Waals surface area contributed by atoms with Crippen LogP contribution in [0.25, 0.3) is 0 Å². The molecule has 3 rings (SSSR count). The van der Waals surface area contributed by atoms with E-state index in [0.717, 1.165) is 43.0 Å². The van der Waals surface area contributed by atoms with Crippen molar-refractivity contribution in [1.29, 1.82) is 0 Å². The van der Waals surface area contributed by atoms with E-state index in [4.69, 9.17) is 4.74 Å². The normalized spacial score (nSPS) is 21.4. The maximum atomic E-state index is 11.4. The third-order valence-corrected chi connectivity index (χ3v) is 4.70. The van der Waals surface area contributed by atoms with Gasteiger partial charge in [-0.3, -0.25) is 9.69 Å². The summed E-state index contributed by atoms with van der Waals surface area (Å²) in [5.74, 6) is 0.654. The summed E-state index contributed by atoms with van der Waals surface area (Å²) in [6.45, 7) is 3.70. The Morgan fingerprint density at radius 2 is 1.92 bits per heavy atom. The van der Waals surface area contributed by atoms with E-state index in [1.54, 1.807) is 0 Å². The largest absolute Gasteiger partial charge is 0.481 e. The summed E-state index contributed by atoms with van der Waals surface area (Å²) in [5.41, 5.74) is 1.14. The van der Waals surface area contributed by atoms with E-state index in [9.17, 15) is 9.90 Å². The summed E-state index contributed by atoms with van der Waals surface area (Å²) in [6.07, 6.45) is 1.70. The molecule has 0 saturated carbocycles. The summed E-state index contributed by atoms with van der Waals surface area (Å²) >= 11 is 0. The lowest BCUT2D eigenvalue weighted by Crippen LogP contribution is -2.45. The SMILES string of the molecule is C[C@@H]1[C@H](C(=O)O)CCCN1Cc1cccc(Oc2ccccc2)c1. The molecule has 126 valence electrons. The van der Waals surface area contributed by atoms with E-state index in [-0.39, 0.29) is 12.0 Å². The van der Waals surface area contributed by atoms with Crippen molar-refractivity contribution in [3.8, 4) is 11.5 Å². The van der Waals surface area contributed by atoms with Crippen molar-refractivity contribution in [2.45, 2.75) is 32.4 Å². The fourth-order valence-electron chi connectivity index (χ4n) is 3.33. The number of carbonyl (C=O) groups is 1. The van der Waals surface area contributed by atoms with Crippen molar-refractivity contribution < 1.29 is 14.6 Å². The second kappa shape index (κ2) is 7.49. The zero-order chi connectivity index (χ0) is 16.9. The first-order valence-corrected chi connectivity index (χ1v) is 8.42. The minimum Gasteiger partial charge on any atom is -0.481 e. The summed E-state index contributed by atoms with van der Waals surface area (Å²) in [7, 11) is 0. The third-order valence-electron chi connectivity index (χ3n) is 4.70. The molecule has 4 nitrogen and oxygen atoms in total. The van der Waals surface area contributed by atoms with E-state index in [2.05, 4.69) is 11.0 Å².